The molecule has 3 aromatic carbocycles. The smallest absolute Gasteiger partial charge is 0.231 e. The second-order valence-electron chi connectivity index (χ2n) is 6.33. The lowest BCUT2D eigenvalue weighted by Crippen LogP contribution is -1.99. The summed E-state index contributed by atoms with van der Waals surface area (Å²) in [4.78, 5) is 12.6. The maximum atomic E-state index is 13.9. The van der Waals surface area contributed by atoms with Gasteiger partial charge in [0.15, 0.2) is 5.76 Å². The molecule has 0 atom stereocenters. The van der Waals surface area contributed by atoms with Crippen molar-refractivity contribution in [3.63, 3.8) is 0 Å². The zero-order chi connectivity index (χ0) is 20.4. The molecule has 1 heterocycles. The van der Waals surface area contributed by atoms with Crippen LogP contribution in [0.5, 0.6) is 17.2 Å². The van der Waals surface area contributed by atoms with Crippen LogP contribution >= 0.6 is 11.6 Å². The molecule has 6 heteroatoms. The summed E-state index contributed by atoms with van der Waals surface area (Å²) < 4.78 is 30.6. The van der Waals surface area contributed by atoms with Crippen molar-refractivity contribution in [1.82, 2.24) is 0 Å². The van der Waals surface area contributed by atoms with Crippen molar-refractivity contribution < 1.29 is 23.4 Å². The number of carbonyl (C=O) groups excluding carboxylic acids is 1. The van der Waals surface area contributed by atoms with Crippen molar-refractivity contribution in [2.75, 3.05) is 7.11 Å². The van der Waals surface area contributed by atoms with Gasteiger partial charge in [-0.2, -0.15) is 0 Å². The van der Waals surface area contributed by atoms with E-state index in [1.54, 1.807) is 43.5 Å². The Balaban J connectivity index is 1.55. The van der Waals surface area contributed by atoms with Gasteiger partial charge in [-0.15, -0.1) is 0 Å². The van der Waals surface area contributed by atoms with E-state index < -0.39 is 5.82 Å². The van der Waals surface area contributed by atoms with E-state index in [0.29, 0.717) is 27.8 Å². The van der Waals surface area contributed by atoms with Crippen LogP contribution in [-0.4, -0.2) is 12.9 Å². The highest BCUT2D eigenvalue weighted by Crippen LogP contribution is 2.36. The number of methoxy groups -OCH3 is 1. The van der Waals surface area contributed by atoms with Crippen LogP contribution in [0.3, 0.4) is 0 Å². The highest BCUT2D eigenvalue weighted by Gasteiger charge is 2.28. The summed E-state index contributed by atoms with van der Waals surface area (Å²) >= 11 is 6.02. The molecule has 0 radical (unpaired) electrons. The lowest BCUT2D eigenvalue weighted by Gasteiger charge is -2.09. The Morgan fingerprint density at radius 3 is 2.72 bits per heavy atom. The van der Waals surface area contributed by atoms with Gasteiger partial charge >= 0.3 is 0 Å². The Bertz CT molecular complexity index is 1100. The van der Waals surface area contributed by atoms with Crippen molar-refractivity contribution in [3.05, 3.63) is 94.0 Å². The largest absolute Gasteiger partial charge is 0.496 e. The molecule has 0 saturated heterocycles. The van der Waals surface area contributed by atoms with Gasteiger partial charge in [0, 0.05) is 17.2 Å². The minimum absolute atomic E-state index is 0.0395. The average molecular weight is 411 g/mol. The summed E-state index contributed by atoms with van der Waals surface area (Å²) in [5.74, 6) is 0.987. The Hall–Kier alpha value is -3.31. The molecule has 0 unspecified atom stereocenters. The standard InChI is InChI=1S/C23H16ClFO4/c1-27-20-8-3-2-5-14(20)11-22-23(26)16-10-9-15(12-21(16)29-22)28-13-17-18(24)6-4-7-19(17)25/h2-12H,13H2,1H3. The van der Waals surface area contributed by atoms with E-state index in [2.05, 4.69) is 0 Å². The molecule has 0 aliphatic carbocycles. The molecule has 29 heavy (non-hydrogen) atoms. The SMILES string of the molecule is COc1ccccc1C=C1Oc2cc(OCc3c(F)cccc3Cl)ccc2C1=O. The molecule has 0 saturated carbocycles. The number of Topliss-reactive ketones (excluding diaryl/α,β-unsaturated/α-hetero) is 1. The van der Waals surface area contributed by atoms with Crippen molar-refractivity contribution in [3.8, 4) is 17.2 Å². The van der Waals surface area contributed by atoms with Crippen LogP contribution in [0.4, 0.5) is 4.39 Å². The van der Waals surface area contributed by atoms with E-state index in [0.717, 1.165) is 5.56 Å². The number of ketones is 1. The molecule has 0 fully saturated rings. The van der Waals surface area contributed by atoms with Gasteiger partial charge in [0.1, 0.15) is 29.7 Å². The Kier molecular flexibility index (Phi) is 5.23. The molecular weight excluding hydrogens is 395 g/mol. The lowest BCUT2D eigenvalue weighted by atomic mass is 10.1. The molecule has 146 valence electrons. The summed E-state index contributed by atoms with van der Waals surface area (Å²) in [6.07, 6.45) is 1.64. The summed E-state index contributed by atoms with van der Waals surface area (Å²) in [7, 11) is 1.56. The molecule has 1 aliphatic rings. The predicted octanol–water partition coefficient (Wildman–Crippen LogP) is 5.68. The van der Waals surface area contributed by atoms with E-state index in [9.17, 15) is 9.18 Å². The van der Waals surface area contributed by atoms with Crippen molar-refractivity contribution in [2.24, 2.45) is 0 Å². The molecule has 4 nitrogen and oxygen atoms in total. The number of rotatable bonds is 5. The molecule has 0 aromatic heterocycles. The van der Waals surface area contributed by atoms with E-state index in [4.69, 9.17) is 25.8 Å². The van der Waals surface area contributed by atoms with Crippen LogP contribution in [0.2, 0.25) is 5.02 Å². The normalized spacial score (nSPS) is 13.9. The van der Waals surface area contributed by atoms with Gasteiger partial charge in [-0.05, 0) is 36.4 Å². The van der Waals surface area contributed by atoms with Crippen LogP contribution < -0.4 is 14.2 Å². The fourth-order valence-electron chi connectivity index (χ4n) is 3.01. The molecule has 1 aliphatic heterocycles. The molecule has 0 spiro atoms. The number of hydrogen-bond donors (Lipinski definition) is 0. The zero-order valence-corrected chi connectivity index (χ0v) is 16.2. The number of fused-ring (bicyclic) bond motifs is 1. The number of halogens is 2. The van der Waals surface area contributed by atoms with E-state index in [1.807, 2.05) is 18.2 Å². The first-order valence-corrected chi connectivity index (χ1v) is 9.21. The van der Waals surface area contributed by atoms with E-state index in [-0.39, 0.29) is 23.7 Å². The van der Waals surface area contributed by atoms with Crippen LogP contribution in [0.25, 0.3) is 6.08 Å². The quantitative estimate of drug-likeness (QED) is 0.507. The van der Waals surface area contributed by atoms with Gasteiger partial charge < -0.3 is 14.2 Å². The van der Waals surface area contributed by atoms with Gasteiger partial charge in [0.25, 0.3) is 0 Å². The second-order valence-corrected chi connectivity index (χ2v) is 6.74. The molecular formula is C23H16ClFO4. The fourth-order valence-corrected chi connectivity index (χ4v) is 3.23. The molecule has 4 rings (SSSR count). The minimum atomic E-state index is -0.438. The highest BCUT2D eigenvalue weighted by molar-refractivity contribution is 6.31. The fraction of sp³-hybridized carbons (Fsp3) is 0.0870. The number of hydrogen-bond acceptors (Lipinski definition) is 4. The molecule has 0 N–H and O–H groups in total. The van der Waals surface area contributed by atoms with E-state index in [1.165, 1.54) is 12.1 Å². The summed E-state index contributed by atoms with van der Waals surface area (Å²) in [5.41, 5.74) is 1.43. The first kappa shape index (κ1) is 19.0. The van der Waals surface area contributed by atoms with Gasteiger partial charge in [-0.25, -0.2) is 4.39 Å². The average Bonchev–Trinajstić information content (AvgIpc) is 3.03. The highest BCUT2D eigenvalue weighted by atomic mass is 35.5. The Morgan fingerprint density at radius 2 is 1.93 bits per heavy atom. The summed E-state index contributed by atoms with van der Waals surface area (Å²) in [6, 6.07) is 16.7. The predicted molar refractivity (Wildman–Crippen MR) is 108 cm³/mol. The van der Waals surface area contributed by atoms with Crippen LogP contribution in [-0.2, 0) is 6.61 Å². The third-order valence-corrected chi connectivity index (χ3v) is 4.87. The van der Waals surface area contributed by atoms with Crippen molar-refractivity contribution in [1.29, 1.82) is 0 Å². The number of allylic oxidation sites excluding steroid dienone is 1. The van der Waals surface area contributed by atoms with Crippen molar-refractivity contribution >= 4 is 23.5 Å². The maximum absolute atomic E-state index is 13.9. The molecule has 0 bridgehead atoms. The van der Waals surface area contributed by atoms with Gasteiger partial charge in [-0.3, -0.25) is 4.79 Å². The maximum Gasteiger partial charge on any atom is 0.231 e. The lowest BCUT2D eigenvalue weighted by molar-refractivity contribution is 0.101. The summed E-state index contributed by atoms with van der Waals surface area (Å²) in [5, 5.41) is 0.291. The molecule has 0 amide bonds. The van der Waals surface area contributed by atoms with Crippen LogP contribution in [0, 0.1) is 5.82 Å². The van der Waals surface area contributed by atoms with Gasteiger partial charge in [0.05, 0.1) is 17.7 Å². The first-order chi connectivity index (χ1) is 14.1. The number of carbonyl (C=O) groups is 1. The van der Waals surface area contributed by atoms with Crippen molar-refractivity contribution in [2.45, 2.75) is 6.61 Å². The Labute approximate surface area is 172 Å². The van der Waals surface area contributed by atoms with Gasteiger partial charge in [-0.1, -0.05) is 35.9 Å². The van der Waals surface area contributed by atoms with E-state index >= 15 is 0 Å². The minimum Gasteiger partial charge on any atom is -0.496 e. The number of ether oxygens (including phenoxy) is 3. The monoisotopic (exact) mass is 410 g/mol. The van der Waals surface area contributed by atoms with Crippen LogP contribution in [0.15, 0.2) is 66.4 Å². The third-order valence-electron chi connectivity index (χ3n) is 4.51. The van der Waals surface area contributed by atoms with Gasteiger partial charge in [0.2, 0.25) is 5.78 Å². The first-order valence-electron chi connectivity index (χ1n) is 8.84. The zero-order valence-electron chi connectivity index (χ0n) is 15.4. The number of para-hydroxylation sites is 1. The molecule has 3 aromatic rings. The topological polar surface area (TPSA) is 44.8 Å². The summed E-state index contributed by atoms with van der Waals surface area (Å²) in [6.45, 7) is -0.0395. The second kappa shape index (κ2) is 7.97. The third kappa shape index (κ3) is 3.82. The van der Waals surface area contributed by atoms with Crippen LogP contribution in [0.1, 0.15) is 21.5 Å². The Morgan fingerprint density at radius 1 is 1.10 bits per heavy atom. The number of benzene rings is 3.